The molecule has 5 nitrogen and oxygen atoms in total. The zero-order valence-electron chi connectivity index (χ0n) is 15.0. The SMILES string of the molecule is C[C@H](NC(=O)N1CC[C@H]2[C@H](CCCN2C2CC2)C1)c1cccc(O)c1. The van der Waals surface area contributed by atoms with Gasteiger partial charge in [-0.05, 0) is 69.2 Å². The fourth-order valence-corrected chi connectivity index (χ4v) is 4.64. The molecule has 5 heteroatoms. The zero-order valence-corrected chi connectivity index (χ0v) is 15.0. The number of piperidine rings is 2. The van der Waals surface area contributed by atoms with Crippen LogP contribution in [0.5, 0.6) is 5.75 Å². The van der Waals surface area contributed by atoms with Crippen molar-refractivity contribution in [2.75, 3.05) is 19.6 Å². The van der Waals surface area contributed by atoms with Gasteiger partial charge in [0.05, 0.1) is 6.04 Å². The van der Waals surface area contributed by atoms with E-state index in [0.717, 1.165) is 31.1 Å². The maximum Gasteiger partial charge on any atom is 0.317 e. The van der Waals surface area contributed by atoms with Crippen molar-refractivity contribution in [1.82, 2.24) is 15.1 Å². The molecule has 0 aromatic heterocycles. The van der Waals surface area contributed by atoms with E-state index in [-0.39, 0.29) is 17.8 Å². The molecule has 3 atom stereocenters. The first kappa shape index (κ1) is 16.7. The highest BCUT2D eigenvalue weighted by Gasteiger charge is 2.42. The predicted octanol–water partition coefficient (Wildman–Crippen LogP) is 3.11. The Morgan fingerprint density at radius 1 is 1.24 bits per heavy atom. The summed E-state index contributed by atoms with van der Waals surface area (Å²) in [6.45, 7) is 4.96. The summed E-state index contributed by atoms with van der Waals surface area (Å²) in [6, 6.07) is 8.56. The molecule has 136 valence electrons. The van der Waals surface area contributed by atoms with Crippen molar-refractivity contribution in [1.29, 1.82) is 0 Å². The molecule has 3 fully saturated rings. The number of rotatable bonds is 3. The van der Waals surface area contributed by atoms with Gasteiger partial charge >= 0.3 is 6.03 Å². The average molecular weight is 343 g/mol. The number of nitrogens with one attached hydrogen (secondary N) is 1. The molecule has 1 aromatic carbocycles. The first-order chi connectivity index (χ1) is 12.1. The van der Waals surface area contributed by atoms with E-state index in [9.17, 15) is 9.90 Å². The van der Waals surface area contributed by atoms with Crippen LogP contribution in [-0.2, 0) is 0 Å². The maximum atomic E-state index is 12.7. The number of amides is 2. The fraction of sp³-hybridized carbons (Fsp3) is 0.650. The average Bonchev–Trinajstić information content (AvgIpc) is 3.45. The number of nitrogens with zero attached hydrogens (tertiary/aromatic N) is 2. The lowest BCUT2D eigenvalue weighted by molar-refractivity contribution is 0.0292. The molecule has 1 aliphatic carbocycles. The van der Waals surface area contributed by atoms with Crippen LogP contribution in [0.15, 0.2) is 24.3 Å². The molecule has 2 heterocycles. The predicted molar refractivity (Wildman–Crippen MR) is 97.5 cm³/mol. The molecule has 1 aromatic rings. The van der Waals surface area contributed by atoms with Crippen LogP contribution in [-0.4, -0.2) is 52.7 Å². The largest absolute Gasteiger partial charge is 0.508 e. The van der Waals surface area contributed by atoms with E-state index >= 15 is 0 Å². The summed E-state index contributed by atoms with van der Waals surface area (Å²) in [4.78, 5) is 17.4. The number of phenols is 1. The van der Waals surface area contributed by atoms with Gasteiger partial charge in [0.15, 0.2) is 0 Å². The van der Waals surface area contributed by atoms with Crippen LogP contribution in [0.25, 0.3) is 0 Å². The summed E-state index contributed by atoms with van der Waals surface area (Å²) >= 11 is 0. The minimum Gasteiger partial charge on any atom is -0.508 e. The second-order valence-corrected chi connectivity index (χ2v) is 7.94. The summed E-state index contributed by atoms with van der Waals surface area (Å²) in [5.41, 5.74) is 0.931. The first-order valence-electron chi connectivity index (χ1n) is 9.72. The summed E-state index contributed by atoms with van der Waals surface area (Å²) in [7, 11) is 0. The Morgan fingerprint density at radius 3 is 2.84 bits per heavy atom. The molecule has 1 saturated carbocycles. The highest BCUT2D eigenvalue weighted by Crippen LogP contribution is 2.38. The van der Waals surface area contributed by atoms with Gasteiger partial charge in [0.2, 0.25) is 0 Å². The number of likely N-dealkylation sites (tertiary alicyclic amines) is 2. The van der Waals surface area contributed by atoms with Gasteiger partial charge in [-0.2, -0.15) is 0 Å². The third kappa shape index (κ3) is 3.61. The second kappa shape index (κ2) is 6.87. The van der Waals surface area contributed by atoms with Crippen molar-refractivity contribution in [3.63, 3.8) is 0 Å². The number of fused-ring (bicyclic) bond motifs is 1. The number of benzene rings is 1. The van der Waals surface area contributed by atoms with Gasteiger partial charge in [-0.3, -0.25) is 4.90 Å². The van der Waals surface area contributed by atoms with Gasteiger partial charge in [0.1, 0.15) is 5.75 Å². The van der Waals surface area contributed by atoms with Crippen LogP contribution in [0, 0.1) is 5.92 Å². The van der Waals surface area contributed by atoms with Crippen LogP contribution in [0.4, 0.5) is 4.79 Å². The summed E-state index contributed by atoms with van der Waals surface area (Å²) < 4.78 is 0. The molecule has 0 spiro atoms. The van der Waals surface area contributed by atoms with Gasteiger partial charge in [0.25, 0.3) is 0 Å². The van der Waals surface area contributed by atoms with E-state index in [1.165, 1.54) is 32.2 Å². The number of hydrogen-bond donors (Lipinski definition) is 2. The summed E-state index contributed by atoms with van der Waals surface area (Å²) in [5, 5.41) is 12.7. The zero-order chi connectivity index (χ0) is 17.4. The van der Waals surface area contributed by atoms with E-state index < -0.39 is 0 Å². The van der Waals surface area contributed by atoms with Gasteiger partial charge in [-0.1, -0.05) is 12.1 Å². The highest BCUT2D eigenvalue weighted by atomic mass is 16.3. The smallest absolute Gasteiger partial charge is 0.317 e. The Labute approximate surface area is 150 Å². The molecule has 2 aliphatic heterocycles. The quantitative estimate of drug-likeness (QED) is 0.887. The van der Waals surface area contributed by atoms with Gasteiger partial charge < -0.3 is 15.3 Å². The lowest BCUT2D eigenvalue weighted by Gasteiger charge is -2.47. The van der Waals surface area contributed by atoms with Crippen molar-refractivity contribution in [2.45, 2.75) is 57.2 Å². The molecule has 0 unspecified atom stereocenters. The molecular weight excluding hydrogens is 314 g/mol. The van der Waals surface area contributed by atoms with Crippen LogP contribution in [0.1, 0.15) is 50.6 Å². The molecule has 4 rings (SSSR count). The maximum absolute atomic E-state index is 12.7. The van der Waals surface area contributed by atoms with Crippen LogP contribution in [0.2, 0.25) is 0 Å². The Bertz CT molecular complexity index is 631. The van der Waals surface area contributed by atoms with Crippen molar-refractivity contribution in [3.8, 4) is 5.75 Å². The lowest BCUT2D eigenvalue weighted by atomic mass is 9.83. The Morgan fingerprint density at radius 2 is 2.08 bits per heavy atom. The number of urea groups is 1. The highest BCUT2D eigenvalue weighted by molar-refractivity contribution is 5.74. The number of phenolic OH excluding ortho intramolecular Hbond substituents is 1. The fourth-order valence-electron chi connectivity index (χ4n) is 4.64. The molecular formula is C20H29N3O2. The Balaban J connectivity index is 1.35. The van der Waals surface area contributed by atoms with Crippen molar-refractivity contribution < 1.29 is 9.90 Å². The molecule has 3 aliphatic rings. The van der Waals surface area contributed by atoms with Crippen LogP contribution < -0.4 is 5.32 Å². The molecule has 25 heavy (non-hydrogen) atoms. The number of carbonyl (C=O) groups excluding carboxylic acids is 1. The van der Waals surface area contributed by atoms with E-state index in [0.29, 0.717) is 12.0 Å². The van der Waals surface area contributed by atoms with E-state index in [1.807, 2.05) is 24.0 Å². The normalized spacial score (nSPS) is 28.3. The summed E-state index contributed by atoms with van der Waals surface area (Å²) in [5.74, 6) is 0.867. The monoisotopic (exact) mass is 343 g/mol. The van der Waals surface area contributed by atoms with Crippen LogP contribution >= 0.6 is 0 Å². The lowest BCUT2D eigenvalue weighted by Crippen LogP contribution is -2.57. The third-order valence-corrected chi connectivity index (χ3v) is 6.12. The number of hydrogen-bond acceptors (Lipinski definition) is 3. The third-order valence-electron chi connectivity index (χ3n) is 6.12. The standard InChI is InChI=1S/C20H29N3O2/c1-14(15-4-2-6-18(24)12-15)21-20(25)22-11-9-19-16(13-22)5-3-10-23(19)17-7-8-17/h2,4,6,12,14,16-17,19,24H,3,5,7-11,13H2,1H3,(H,21,25)/t14-,16+,19-/m0/s1. The Hall–Kier alpha value is -1.75. The second-order valence-electron chi connectivity index (χ2n) is 7.94. The number of carbonyl (C=O) groups is 1. The van der Waals surface area contributed by atoms with E-state index in [2.05, 4.69) is 10.2 Å². The molecule has 2 N–H and O–H groups in total. The molecule has 0 bridgehead atoms. The van der Waals surface area contributed by atoms with Crippen molar-refractivity contribution >= 4 is 6.03 Å². The summed E-state index contributed by atoms with van der Waals surface area (Å²) in [6.07, 6.45) is 6.37. The Kier molecular flexibility index (Phi) is 4.59. The van der Waals surface area contributed by atoms with Crippen molar-refractivity contribution in [2.24, 2.45) is 5.92 Å². The van der Waals surface area contributed by atoms with Crippen LogP contribution in [0.3, 0.4) is 0 Å². The topological polar surface area (TPSA) is 55.8 Å². The number of aromatic hydroxyl groups is 1. The van der Waals surface area contributed by atoms with Gasteiger partial charge in [-0.25, -0.2) is 4.79 Å². The minimum atomic E-state index is -0.105. The first-order valence-corrected chi connectivity index (χ1v) is 9.72. The molecule has 0 radical (unpaired) electrons. The minimum absolute atomic E-state index is 0.0258. The van der Waals surface area contributed by atoms with E-state index in [4.69, 9.17) is 0 Å². The van der Waals surface area contributed by atoms with Gasteiger partial charge in [0, 0.05) is 25.2 Å². The van der Waals surface area contributed by atoms with Crippen molar-refractivity contribution in [3.05, 3.63) is 29.8 Å². The van der Waals surface area contributed by atoms with Gasteiger partial charge in [-0.15, -0.1) is 0 Å². The van der Waals surface area contributed by atoms with E-state index in [1.54, 1.807) is 12.1 Å². The molecule has 2 amide bonds. The molecule has 2 saturated heterocycles.